The van der Waals surface area contributed by atoms with Crippen LogP contribution in [0, 0.1) is 6.92 Å². The van der Waals surface area contributed by atoms with Crippen molar-refractivity contribution in [3.63, 3.8) is 0 Å². The van der Waals surface area contributed by atoms with Gasteiger partial charge in [0.2, 0.25) is 5.56 Å². The van der Waals surface area contributed by atoms with Gasteiger partial charge in [-0.2, -0.15) is 0 Å². The Bertz CT molecular complexity index is 769. The van der Waals surface area contributed by atoms with Crippen molar-refractivity contribution in [1.29, 1.82) is 0 Å². The number of halogens is 1. The number of aryl methyl sites for hydroxylation is 1. The highest BCUT2D eigenvalue weighted by atomic mass is 35.5. The van der Waals surface area contributed by atoms with Gasteiger partial charge in [-0.3, -0.25) is 9.59 Å². The lowest BCUT2D eigenvalue weighted by atomic mass is 9.99. The van der Waals surface area contributed by atoms with E-state index < -0.39 is 0 Å². The summed E-state index contributed by atoms with van der Waals surface area (Å²) in [4.78, 5) is 28.5. The van der Waals surface area contributed by atoms with Crippen LogP contribution in [-0.2, 0) is 0 Å². The molecule has 1 aliphatic heterocycles. The minimum atomic E-state index is -0.242. The van der Waals surface area contributed by atoms with Crippen molar-refractivity contribution in [2.24, 2.45) is 0 Å². The molecule has 1 fully saturated rings. The molecule has 114 valence electrons. The van der Waals surface area contributed by atoms with Crippen molar-refractivity contribution in [1.82, 2.24) is 9.88 Å². The molecule has 1 aromatic heterocycles. The molecule has 1 aromatic carbocycles. The topological polar surface area (TPSA) is 53.2 Å². The zero-order valence-corrected chi connectivity index (χ0v) is 13.1. The van der Waals surface area contributed by atoms with Gasteiger partial charge in [0.15, 0.2) is 0 Å². The van der Waals surface area contributed by atoms with Crippen LogP contribution in [0.25, 0.3) is 0 Å². The van der Waals surface area contributed by atoms with E-state index in [9.17, 15) is 9.59 Å². The lowest BCUT2D eigenvalue weighted by Gasteiger charge is -2.17. The molecule has 1 atom stereocenters. The zero-order chi connectivity index (χ0) is 15.7. The normalized spacial score (nSPS) is 17.7. The number of aromatic amines is 1. The van der Waals surface area contributed by atoms with Crippen LogP contribution in [0.3, 0.4) is 0 Å². The number of benzene rings is 1. The zero-order valence-electron chi connectivity index (χ0n) is 12.3. The predicted octanol–water partition coefficient (Wildman–Crippen LogP) is 2.97. The summed E-state index contributed by atoms with van der Waals surface area (Å²) in [6.45, 7) is 3.13. The number of rotatable bonds is 2. The van der Waals surface area contributed by atoms with E-state index in [1.165, 1.54) is 6.07 Å². The number of carbonyl (C=O) groups excluding carboxylic acids is 1. The molecule has 1 aliphatic rings. The second-order valence-electron chi connectivity index (χ2n) is 5.71. The Morgan fingerprint density at radius 3 is 2.86 bits per heavy atom. The molecule has 0 spiro atoms. The number of pyridine rings is 1. The fraction of sp³-hybridized carbons (Fsp3) is 0.294. The smallest absolute Gasteiger partial charge is 0.254 e. The molecule has 5 heteroatoms. The Hall–Kier alpha value is -2.07. The first-order chi connectivity index (χ1) is 10.5. The summed E-state index contributed by atoms with van der Waals surface area (Å²) in [5.41, 5.74) is 2.06. The molecule has 1 amide bonds. The summed E-state index contributed by atoms with van der Waals surface area (Å²) in [7, 11) is 0. The third-order valence-corrected chi connectivity index (χ3v) is 4.26. The summed E-state index contributed by atoms with van der Waals surface area (Å²) in [6.07, 6.45) is 0.911. The molecular weight excluding hydrogens is 300 g/mol. The van der Waals surface area contributed by atoms with Crippen molar-refractivity contribution in [3.05, 3.63) is 68.6 Å². The highest BCUT2D eigenvalue weighted by Crippen LogP contribution is 2.29. The molecule has 0 aliphatic carbocycles. The molecule has 2 aromatic rings. The van der Waals surface area contributed by atoms with Gasteiger partial charge in [0.1, 0.15) is 0 Å². The minimum Gasteiger partial charge on any atom is -0.338 e. The van der Waals surface area contributed by atoms with Crippen molar-refractivity contribution in [2.75, 3.05) is 13.1 Å². The second-order valence-corrected chi connectivity index (χ2v) is 6.14. The Labute approximate surface area is 133 Å². The SMILES string of the molecule is Cc1cc(C(=O)N2CC[C@H](c3cccc(Cl)c3)C2)cc(=O)[nH]1. The Kier molecular flexibility index (Phi) is 4.03. The van der Waals surface area contributed by atoms with Gasteiger partial charge >= 0.3 is 0 Å². The molecule has 1 saturated heterocycles. The fourth-order valence-corrected chi connectivity index (χ4v) is 3.16. The number of H-pyrrole nitrogens is 1. The molecule has 4 nitrogen and oxygen atoms in total. The number of carbonyl (C=O) groups is 1. The molecule has 1 N–H and O–H groups in total. The molecular formula is C17H17ClN2O2. The molecule has 0 radical (unpaired) electrons. The Balaban J connectivity index is 1.77. The summed E-state index contributed by atoms with van der Waals surface area (Å²) in [5, 5.41) is 0.715. The molecule has 3 rings (SSSR count). The van der Waals surface area contributed by atoms with Crippen LogP contribution in [0.15, 0.2) is 41.2 Å². The van der Waals surface area contributed by atoms with E-state index in [2.05, 4.69) is 4.98 Å². The third-order valence-electron chi connectivity index (χ3n) is 4.02. The number of nitrogens with zero attached hydrogens (tertiary/aromatic N) is 1. The highest BCUT2D eigenvalue weighted by molar-refractivity contribution is 6.30. The fourth-order valence-electron chi connectivity index (χ4n) is 2.97. The largest absolute Gasteiger partial charge is 0.338 e. The van der Waals surface area contributed by atoms with Crippen LogP contribution in [0.1, 0.15) is 34.0 Å². The third kappa shape index (κ3) is 3.07. The van der Waals surface area contributed by atoms with Crippen LogP contribution in [0.4, 0.5) is 0 Å². The summed E-state index contributed by atoms with van der Waals surface area (Å²) < 4.78 is 0. The van der Waals surface area contributed by atoms with Gasteiger partial charge in [0, 0.05) is 41.4 Å². The van der Waals surface area contributed by atoms with Crippen molar-refractivity contribution in [2.45, 2.75) is 19.3 Å². The van der Waals surface area contributed by atoms with Crippen LogP contribution in [-0.4, -0.2) is 28.9 Å². The average molecular weight is 317 g/mol. The number of nitrogens with one attached hydrogen (secondary N) is 1. The van der Waals surface area contributed by atoms with E-state index in [1.54, 1.807) is 17.9 Å². The maximum atomic E-state index is 12.5. The minimum absolute atomic E-state index is 0.0845. The number of amides is 1. The lowest BCUT2D eigenvalue weighted by molar-refractivity contribution is 0.0790. The second kappa shape index (κ2) is 5.97. The molecule has 0 bridgehead atoms. The maximum absolute atomic E-state index is 12.5. The van der Waals surface area contributed by atoms with E-state index in [4.69, 9.17) is 11.6 Å². The summed E-state index contributed by atoms with van der Waals surface area (Å²) >= 11 is 6.03. The van der Waals surface area contributed by atoms with Gasteiger partial charge in [-0.1, -0.05) is 23.7 Å². The number of likely N-dealkylation sites (tertiary alicyclic amines) is 1. The maximum Gasteiger partial charge on any atom is 0.254 e. The van der Waals surface area contributed by atoms with Gasteiger partial charge in [-0.25, -0.2) is 0 Å². The lowest BCUT2D eigenvalue weighted by Crippen LogP contribution is -2.29. The standard InChI is InChI=1S/C17H17ClN2O2/c1-11-7-14(9-16(21)19-11)17(22)20-6-5-13(10-20)12-3-2-4-15(18)8-12/h2-4,7-9,13H,5-6,10H2,1H3,(H,19,21)/t13-/m0/s1. The number of aromatic nitrogens is 1. The quantitative estimate of drug-likeness (QED) is 0.926. The van der Waals surface area contributed by atoms with E-state index >= 15 is 0 Å². The first-order valence-corrected chi connectivity index (χ1v) is 7.66. The van der Waals surface area contributed by atoms with Crippen molar-refractivity contribution < 1.29 is 4.79 Å². The van der Waals surface area contributed by atoms with Gasteiger partial charge in [0.25, 0.3) is 5.91 Å². The van der Waals surface area contributed by atoms with Crippen LogP contribution >= 0.6 is 11.6 Å². The van der Waals surface area contributed by atoms with Gasteiger partial charge in [-0.15, -0.1) is 0 Å². The molecule has 22 heavy (non-hydrogen) atoms. The van der Waals surface area contributed by atoms with Crippen LogP contribution < -0.4 is 5.56 Å². The highest BCUT2D eigenvalue weighted by Gasteiger charge is 2.28. The van der Waals surface area contributed by atoms with Crippen LogP contribution in [0.5, 0.6) is 0 Å². The van der Waals surface area contributed by atoms with E-state index in [0.717, 1.165) is 12.0 Å². The van der Waals surface area contributed by atoms with Crippen LogP contribution in [0.2, 0.25) is 5.02 Å². The molecule has 0 saturated carbocycles. The average Bonchev–Trinajstić information content (AvgIpc) is 2.95. The van der Waals surface area contributed by atoms with Gasteiger partial charge < -0.3 is 9.88 Å². The van der Waals surface area contributed by atoms with E-state index in [1.807, 2.05) is 24.3 Å². The number of hydrogen-bond acceptors (Lipinski definition) is 2. The molecule has 0 unspecified atom stereocenters. The number of hydrogen-bond donors (Lipinski definition) is 1. The van der Waals surface area contributed by atoms with E-state index in [-0.39, 0.29) is 11.5 Å². The first kappa shape index (κ1) is 14.9. The van der Waals surface area contributed by atoms with Gasteiger partial charge in [-0.05, 0) is 37.1 Å². The summed E-state index contributed by atoms with van der Waals surface area (Å²) in [5.74, 6) is 0.212. The molecule has 2 heterocycles. The monoisotopic (exact) mass is 316 g/mol. The van der Waals surface area contributed by atoms with Crippen molar-refractivity contribution in [3.8, 4) is 0 Å². The van der Waals surface area contributed by atoms with Gasteiger partial charge in [0.05, 0.1) is 0 Å². The van der Waals surface area contributed by atoms with Crippen molar-refractivity contribution >= 4 is 17.5 Å². The Morgan fingerprint density at radius 2 is 2.14 bits per heavy atom. The van der Waals surface area contributed by atoms with E-state index in [0.29, 0.717) is 35.3 Å². The first-order valence-electron chi connectivity index (χ1n) is 7.28. The Morgan fingerprint density at radius 1 is 1.32 bits per heavy atom. The summed E-state index contributed by atoms with van der Waals surface area (Å²) in [6, 6.07) is 10.9. The predicted molar refractivity (Wildman–Crippen MR) is 86.5 cm³/mol.